The lowest BCUT2D eigenvalue weighted by molar-refractivity contribution is -0.140. The van der Waals surface area contributed by atoms with Crippen LogP contribution in [0.2, 0.25) is 0 Å². The Morgan fingerprint density at radius 2 is 2.05 bits per heavy atom. The molecule has 1 rings (SSSR count). The van der Waals surface area contributed by atoms with Gasteiger partial charge in [0, 0.05) is 13.1 Å². The summed E-state index contributed by atoms with van der Waals surface area (Å²) in [4.78, 5) is 11.1. The van der Waals surface area contributed by atoms with Crippen LogP contribution in [0.4, 0.5) is 0 Å². The smallest absolute Gasteiger partial charge is 0.306 e. The summed E-state index contributed by atoms with van der Waals surface area (Å²) in [5, 5.41) is 9.00. The number of rotatable bonds is 7. The maximum absolute atomic E-state index is 12.4. The van der Waals surface area contributed by atoms with Crippen LogP contribution in [0.15, 0.2) is 24.3 Å². The van der Waals surface area contributed by atoms with E-state index in [1.807, 2.05) is 6.07 Å². The van der Waals surface area contributed by atoms with Gasteiger partial charge in [0.25, 0.3) is 0 Å². The zero-order valence-electron chi connectivity index (χ0n) is 12.1. The van der Waals surface area contributed by atoms with Crippen molar-refractivity contribution in [3.8, 4) is 6.07 Å². The molecular weight excluding hydrogens is 292 g/mol. The number of esters is 1. The number of hydrogen-bond donors (Lipinski definition) is 0. The van der Waals surface area contributed by atoms with Crippen LogP contribution in [-0.4, -0.2) is 38.9 Å². The van der Waals surface area contributed by atoms with Crippen LogP contribution < -0.4 is 0 Å². The number of benzene rings is 1. The number of carbonyl (C=O) groups excluding carboxylic acids is 1. The van der Waals surface area contributed by atoms with E-state index in [0.29, 0.717) is 11.1 Å². The summed E-state index contributed by atoms with van der Waals surface area (Å²) >= 11 is 0. The average molecular weight is 310 g/mol. The molecule has 21 heavy (non-hydrogen) atoms. The minimum atomic E-state index is -3.59. The van der Waals surface area contributed by atoms with Crippen molar-refractivity contribution in [2.24, 2.45) is 0 Å². The van der Waals surface area contributed by atoms with Crippen LogP contribution in [0.3, 0.4) is 0 Å². The van der Waals surface area contributed by atoms with Crippen molar-refractivity contribution >= 4 is 16.0 Å². The van der Waals surface area contributed by atoms with Gasteiger partial charge >= 0.3 is 5.97 Å². The highest BCUT2D eigenvalue weighted by Gasteiger charge is 2.23. The topological polar surface area (TPSA) is 87.5 Å². The Morgan fingerprint density at radius 1 is 1.38 bits per heavy atom. The molecule has 0 amide bonds. The fraction of sp³-hybridized carbons (Fsp3) is 0.429. The van der Waals surface area contributed by atoms with Crippen LogP contribution in [0, 0.1) is 11.3 Å². The third kappa shape index (κ3) is 4.85. The molecule has 7 heteroatoms. The van der Waals surface area contributed by atoms with E-state index in [-0.39, 0.29) is 25.3 Å². The fourth-order valence-corrected chi connectivity index (χ4v) is 3.45. The minimum absolute atomic E-state index is 0.00344. The SMILES string of the molecule is CCN(CCC(=O)OC)S(=O)(=O)Cc1ccccc1C#N. The van der Waals surface area contributed by atoms with Crippen LogP contribution >= 0.6 is 0 Å². The zero-order valence-corrected chi connectivity index (χ0v) is 12.9. The molecule has 0 saturated heterocycles. The molecule has 0 N–H and O–H groups in total. The van der Waals surface area contributed by atoms with E-state index in [2.05, 4.69) is 4.74 Å². The molecule has 0 aliphatic rings. The van der Waals surface area contributed by atoms with Gasteiger partial charge in [0.15, 0.2) is 0 Å². The second-order valence-corrected chi connectivity index (χ2v) is 6.31. The van der Waals surface area contributed by atoms with E-state index in [1.165, 1.54) is 11.4 Å². The van der Waals surface area contributed by atoms with Crippen molar-refractivity contribution < 1.29 is 17.9 Å². The molecule has 1 aromatic rings. The number of nitriles is 1. The van der Waals surface area contributed by atoms with Gasteiger partial charge in [-0.2, -0.15) is 5.26 Å². The molecule has 0 radical (unpaired) electrons. The first-order valence-corrected chi connectivity index (χ1v) is 8.08. The molecule has 0 bridgehead atoms. The number of hydrogen-bond acceptors (Lipinski definition) is 5. The Morgan fingerprint density at radius 3 is 2.62 bits per heavy atom. The predicted molar refractivity (Wildman–Crippen MR) is 77.7 cm³/mol. The summed E-state index contributed by atoms with van der Waals surface area (Å²) in [7, 11) is -2.33. The standard InChI is InChI=1S/C14H18N2O4S/c1-3-16(9-8-14(17)20-2)21(18,19)11-13-7-5-4-6-12(13)10-15/h4-7H,3,8-9,11H2,1-2H3. The van der Waals surface area contributed by atoms with E-state index in [4.69, 9.17) is 5.26 Å². The molecule has 0 aliphatic carbocycles. The third-order valence-corrected chi connectivity index (χ3v) is 4.92. The van der Waals surface area contributed by atoms with Crippen molar-refractivity contribution in [2.75, 3.05) is 20.2 Å². The van der Waals surface area contributed by atoms with Gasteiger partial charge in [0.2, 0.25) is 10.0 Å². The molecule has 0 heterocycles. The monoisotopic (exact) mass is 310 g/mol. The van der Waals surface area contributed by atoms with Gasteiger partial charge in [-0.25, -0.2) is 12.7 Å². The summed E-state index contributed by atoms with van der Waals surface area (Å²) in [6.45, 7) is 2.03. The van der Waals surface area contributed by atoms with E-state index in [1.54, 1.807) is 31.2 Å². The highest BCUT2D eigenvalue weighted by molar-refractivity contribution is 7.88. The van der Waals surface area contributed by atoms with Gasteiger partial charge in [-0.05, 0) is 11.6 Å². The Bertz CT molecular complexity index is 635. The van der Waals surface area contributed by atoms with Gasteiger partial charge in [0.05, 0.1) is 30.9 Å². The van der Waals surface area contributed by atoms with Gasteiger partial charge < -0.3 is 4.74 Å². The largest absolute Gasteiger partial charge is 0.469 e. The number of ether oxygens (including phenoxy) is 1. The zero-order chi connectivity index (χ0) is 15.9. The van der Waals surface area contributed by atoms with Crippen LogP contribution in [0.25, 0.3) is 0 Å². The quantitative estimate of drug-likeness (QED) is 0.708. The molecule has 0 saturated carbocycles. The van der Waals surface area contributed by atoms with Gasteiger partial charge in [0.1, 0.15) is 0 Å². The van der Waals surface area contributed by atoms with Crippen molar-refractivity contribution in [3.05, 3.63) is 35.4 Å². The first-order chi connectivity index (χ1) is 9.94. The average Bonchev–Trinajstić information content (AvgIpc) is 2.47. The predicted octanol–water partition coefficient (Wildman–Crippen LogP) is 1.27. The first kappa shape index (κ1) is 17.1. The number of nitrogens with zero attached hydrogens (tertiary/aromatic N) is 2. The van der Waals surface area contributed by atoms with E-state index < -0.39 is 16.0 Å². The molecule has 1 aromatic carbocycles. The maximum Gasteiger partial charge on any atom is 0.306 e. The molecule has 0 aliphatic heterocycles. The first-order valence-electron chi connectivity index (χ1n) is 6.47. The summed E-state index contributed by atoms with van der Waals surface area (Å²) in [5.74, 6) is -0.716. The number of sulfonamides is 1. The van der Waals surface area contributed by atoms with Crippen molar-refractivity contribution in [1.29, 1.82) is 5.26 Å². The second-order valence-electron chi connectivity index (χ2n) is 4.34. The molecule has 114 valence electrons. The molecule has 6 nitrogen and oxygen atoms in total. The lowest BCUT2D eigenvalue weighted by atomic mass is 10.1. The highest BCUT2D eigenvalue weighted by Crippen LogP contribution is 2.15. The normalized spacial score (nSPS) is 11.1. The highest BCUT2D eigenvalue weighted by atomic mass is 32.2. The molecular formula is C14H18N2O4S. The molecule has 0 spiro atoms. The molecule has 0 fully saturated rings. The maximum atomic E-state index is 12.4. The van der Waals surface area contributed by atoms with Gasteiger partial charge in [-0.15, -0.1) is 0 Å². The number of carbonyl (C=O) groups is 1. The van der Waals surface area contributed by atoms with Gasteiger partial charge in [-0.3, -0.25) is 4.79 Å². The Kier molecular flexibility index (Phi) is 6.34. The summed E-state index contributed by atoms with van der Waals surface area (Å²) in [6, 6.07) is 8.55. The second kappa shape index (κ2) is 7.76. The van der Waals surface area contributed by atoms with Crippen LogP contribution in [0.5, 0.6) is 0 Å². The van der Waals surface area contributed by atoms with E-state index >= 15 is 0 Å². The minimum Gasteiger partial charge on any atom is -0.469 e. The Balaban J connectivity index is 2.88. The number of methoxy groups -OCH3 is 1. The third-order valence-electron chi connectivity index (χ3n) is 3.01. The van der Waals surface area contributed by atoms with Gasteiger partial charge in [-0.1, -0.05) is 25.1 Å². The van der Waals surface area contributed by atoms with Crippen molar-refractivity contribution in [3.63, 3.8) is 0 Å². The molecule has 0 unspecified atom stereocenters. The summed E-state index contributed by atoms with van der Waals surface area (Å²) < 4.78 is 30.5. The summed E-state index contributed by atoms with van der Waals surface area (Å²) in [5.41, 5.74) is 0.793. The van der Waals surface area contributed by atoms with E-state index in [9.17, 15) is 13.2 Å². The lowest BCUT2D eigenvalue weighted by Gasteiger charge is -2.20. The fourth-order valence-electron chi connectivity index (χ4n) is 1.85. The summed E-state index contributed by atoms with van der Waals surface area (Å²) in [6.07, 6.45) is 0.00344. The van der Waals surface area contributed by atoms with Crippen molar-refractivity contribution in [1.82, 2.24) is 4.31 Å². The molecule has 0 atom stereocenters. The van der Waals surface area contributed by atoms with Crippen molar-refractivity contribution in [2.45, 2.75) is 19.1 Å². The molecule has 0 aromatic heterocycles. The Labute approximate surface area is 125 Å². The Hall–Kier alpha value is -1.91. The van der Waals surface area contributed by atoms with E-state index in [0.717, 1.165) is 0 Å². The van der Waals surface area contributed by atoms with Crippen LogP contribution in [-0.2, 0) is 25.3 Å². The van der Waals surface area contributed by atoms with Crippen LogP contribution in [0.1, 0.15) is 24.5 Å². The lowest BCUT2D eigenvalue weighted by Crippen LogP contribution is -2.34.